The minimum absolute atomic E-state index is 0.338. The fraction of sp³-hybridized carbons (Fsp3) is 0.692. The number of likely N-dealkylation sites (N-methyl/N-ethyl adjacent to an activating group) is 1. The van der Waals surface area contributed by atoms with Gasteiger partial charge in [-0.15, -0.1) is 6.58 Å². The van der Waals surface area contributed by atoms with E-state index in [9.17, 15) is 9.59 Å². The number of carbonyl (C=O) groups excluding carboxylic acids is 2. The number of carbonyl (C=O) groups is 2. The average Bonchev–Trinajstić information content (AvgIpc) is 2.30. The van der Waals surface area contributed by atoms with Crippen LogP contribution in [0.4, 0.5) is 4.79 Å². The van der Waals surface area contributed by atoms with E-state index in [0.29, 0.717) is 12.8 Å². The molecule has 0 saturated carbocycles. The highest BCUT2D eigenvalue weighted by Gasteiger charge is 2.26. The summed E-state index contributed by atoms with van der Waals surface area (Å²) in [5.74, 6) is -0.338. The number of hydrogen-bond donors (Lipinski definition) is 1. The van der Waals surface area contributed by atoms with Crippen molar-refractivity contribution in [3.05, 3.63) is 12.7 Å². The molecule has 0 aromatic rings. The van der Waals surface area contributed by atoms with Crippen molar-refractivity contribution in [2.24, 2.45) is 0 Å². The number of allylic oxidation sites excluding steroid dienone is 1. The first-order valence-electron chi connectivity index (χ1n) is 6.13. The molecule has 0 aliphatic heterocycles. The Kier molecular flexibility index (Phi) is 7.14. The zero-order valence-corrected chi connectivity index (χ0v) is 12.4. The van der Waals surface area contributed by atoms with Crippen LogP contribution in [0.25, 0.3) is 0 Å². The topological polar surface area (TPSA) is 67.9 Å². The molecule has 0 spiro atoms. The van der Waals surface area contributed by atoms with E-state index in [0.717, 1.165) is 5.06 Å². The Hall–Kier alpha value is -1.56. The van der Waals surface area contributed by atoms with Crippen LogP contribution in [-0.4, -0.2) is 42.9 Å². The number of nitrogens with one attached hydrogen (secondary N) is 1. The van der Waals surface area contributed by atoms with Crippen molar-refractivity contribution in [3.8, 4) is 0 Å². The van der Waals surface area contributed by atoms with Crippen molar-refractivity contribution >= 4 is 12.0 Å². The zero-order chi connectivity index (χ0) is 15.1. The van der Waals surface area contributed by atoms with E-state index in [1.807, 2.05) is 0 Å². The minimum Gasteiger partial charge on any atom is -0.444 e. The smallest absolute Gasteiger partial charge is 0.408 e. The average molecular weight is 272 g/mol. The van der Waals surface area contributed by atoms with Crippen LogP contribution in [0.1, 0.15) is 33.6 Å². The van der Waals surface area contributed by atoms with Gasteiger partial charge in [0.25, 0.3) is 5.91 Å². The van der Waals surface area contributed by atoms with Crippen LogP contribution in [0.3, 0.4) is 0 Å². The summed E-state index contributed by atoms with van der Waals surface area (Å²) in [6.45, 7) is 8.87. The van der Waals surface area contributed by atoms with Gasteiger partial charge < -0.3 is 10.1 Å². The fourth-order valence-electron chi connectivity index (χ4n) is 1.30. The van der Waals surface area contributed by atoms with E-state index in [2.05, 4.69) is 11.9 Å². The van der Waals surface area contributed by atoms with Crippen LogP contribution in [-0.2, 0) is 14.4 Å². The number of hydroxylamine groups is 2. The van der Waals surface area contributed by atoms with Crippen molar-refractivity contribution in [1.82, 2.24) is 10.4 Å². The molecule has 6 heteroatoms. The monoisotopic (exact) mass is 272 g/mol. The molecule has 0 aromatic carbocycles. The number of hydrogen-bond acceptors (Lipinski definition) is 4. The van der Waals surface area contributed by atoms with Crippen molar-refractivity contribution < 1.29 is 19.2 Å². The van der Waals surface area contributed by atoms with E-state index in [-0.39, 0.29) is 5.91 Å². The fourth-order valence-corrected chi connectivity index (χ4v) is 1.30. The van der Waals surface area contributed by atoms with Crippen LogP contribution in [0.5, 0.6) is 0 Å². The molecule has 0 heterocycles. The Labute approximate surface area is 114 Å². The molecule has 19 heavy (non-hydrogen) atoms. The Morgan fingerprint density at radius 3 is 2.42 bits per heavy atom. The quantitative estimate of drug-likeness (QED) is 0.592. The van der Waals surface area contributed by atoms with Gasteiger partial charge in [-0.25, -0.2) is 9.86 Å². The molecule has 2 amide bonds. The number of ether oxygens (including phenoxy) is 1. The minimum atomic E-state index is -0.696. The highest BCUT2D eigenvalue weighted by atomic mass is 16.7. The van der Waals surface area contributed by atoms with Crippen molar-refractivity contribution in [2.75, 3.05) is 14.2 Å². The van der Waals surface area contributed by atoms with Gasteiger partial charge in [-0.3, -0.25) is 9.63 Å². The lowest BCUT2D eigenvalue weighted by atomic mass is 10.1. The second kappa shape index (κ2) is 7.78. The summed E-state index contributed by atoms with van der Waals surface area (Å²) >= 11 is 0. The third-order valence-electron chi connectivity index (χ3n) is 2.23. The number of alkyl carbamates (subject to hydrolysis) is 1. The summed E-state index contributed by atoms with van der Waals surface area (Å²) in [4.78, 5) is 28.5. The predicted molar refractivity (Wildman–Crippen MR) is 72.4 cm³/mol. The third kappa shape index (κ3) is 7.46. The van der Waals surface area contributed by atoms with E-state index >= 15 is 0 Å². The van der Waals surface area contributed by atoms with Crippen LogP contribution < -0.4 is 5.32 Å². The third-order valence-corrected chi connectivity index (χ3v) is 2.23. The summed E-state index contributed by atoms with van der Waals surface area (Å²) in [5, 5.41) is 3.62. The Morgan fingerprint density at radius 1 is 1.42 bits per heavy atom. The Balaban J connectivity index is 4.63. The SMILES string of the molecule is C=CCC[C@H](NC(=O)OC(C)(C)C)C(=O)N(C)OC. The van der Waals surface area contributed by atoms with Gasteiger partial charge in [0, 0.05) is 7.05 Å². The summed E-state index contributed by atoms with van der Waals surface area (Å²) in [7, 11) is 2.87. The van der Waals surface area contributed by atoms with E-state index < -0.39 is 17.7 Å². The van der Waals surface area contributed by atoms with Gasteiger partial charge in [0.15, 0.2) is 0 Å². The number of amides is 2. The maximum Gasteiger partial charge on any atom is 0.408 e. The number of rotatable bonds is 6. The molecule has 0 radical (unpaired) electrons. The molecule has 0 saturated heterocycles. The maximum absolute atomic E-state index is 12.0. The molecule has 1 atom stereocenters. The zero-order valence-electron chi connectivity index (χ0n) is 12.4. The van der Waals surface area contributed by atoms with Crippen LogP contribution in [0, 0.1) is 0 Å². The van der Waals surface area contributed by atoms with Gasteiger partial charge in [-0.2, -0.15) is 0 Å². The number of nitrogens with zero attached hydrogens (tertiary/aromatic N) is 1. The molecular formula is C13H24N2O4. The second-order valence-corrected chi connectivity index (χ2v) is 5.08. The van der Waals surface area contributed by atoms with Crippen LogP contribution >= 0.6 is 0 Å². The maximum atomic E-state index is 12.0. The molecule has 1 N–H and O–H groups in total. The largest absolute Gasteiger partial charge is 0.444 e. The van der Waals surface area contributed by atoms with E-state index in [1.165, 1.54) is 14.2 Å². The van der Waals surface area contributed by atoms with Gasteiger partial charge in [-0.1, -0.05) is 6.08 Å². The molecule has 0 aromatic heterocycles. The van der Waals surface area contributed by atoms with Gasteiger partial charge >= 0.3 is 6.09 Å². The first-order chi connectivity index (χ1) is 8.71. The van der Waals surface area contributed by atoms with E-state index in [1.54, 1.807) is 26.8 Å². The first-order valence-corrected chi connectivity index (χ1v) is 6.13. The van der Waals surface area contributed by atoms with Gasteiger partial charge in [0.1, 0.15) is 11.6 Å². The van der Waals surface area contributed by atoms with Crippen molar-refractivity contribution in [3.63, 3.8) is 0 Å². The van der Waals surface area contributed by atoms with Gasteiger partial charge in [-0.05, 0) is 33.6 Å². The molecule has 6 nitrogen and oxygen atoms in total. The molecule has 110 valence electrons. The van der Waals surface area contributed by atoms with Crippen LogP contribution in [0.15, 0.2) is 12.7 Å². The molecule has 0 aliphatic rings. The van der Waals surface area contributed by atoms with E-state index in [4.69, 9.17) is 9.57 Å². The Morgan fingerprint density at radius 2 is 2.00 bits per heavy atom. The summed E-state index contributed by atoms with van der Waals surface area (Å²) in [6, 6.07) is -0.696. The lowest BCUT2D eigenvalue weighted by Gasteiger charge is -2.25. The molecular weight excluding hydrogens is 248 g/mol. The summed E-state index contributed by atoms with van der Waals surface area (Å²) < 4.78 is 5.12. The molecule has 0 fully saturated rings. The van der Waals surface area contributed by atoms with Crippen molar-refractivity contribution in [1.29, 1.82) is 0 Å². The molecule has 0 unspecified atom stereocenters. The van der Waals surface area contributed by atoms with Gasteiger partial charge in [0.2, 0.25) is 0 Å². The summed E-state index contributed by atoms with van der Waals surface area (Å²) in [6.07, 6.45) is 2.10. The molecule has 0 bridgehead atoms. The first kappa shape index (κ1) is 17.4. The standard InChI is InChI=1S/C13H24N2O4/c1-7-8-9-10(11(16)15(5)18-6)14-12(17)19-13(2,3)4/h7,10H,1,8-9H2,2-6H3,(H,14,17)/t10-/m0/s1. The Bertz CT molecular complexity index is 323. The lowest BCUT2D eigenvalue weighted by molar-refractivity contribution is -0.171. The molecule has 0 rings (SSSR count). The highest BCUT2D eigenvalue weighted by Crippen LogP contribution is 2.08. The predicted octanol–water partition coefficient (Wildman–Crippen LogP) is 1.87. The highest BCUT2D eigenvalue weighted by molar-refractivity contribution is 5.84. The lowest BCUT2D eigenvalue weighted by Crippen LogP contribution is -2.48. The second-order valence-electron chi connectivity index (χ2n) is 5.08. The summed E-state index contributed by atoms with van der Waals surface area (Å²) in [5.41, 5.74) is -0.608. The molecule has 0 aliphatic carbocycles. The van der Waals surface area contributed by atoms with Crippen molar-refractivity contribution in [2.45, 2.75) is 45.3 Å². The van der Waals surface area contributed by atoms with Gasteiger partial charge in [0.05, 0.1) is 7.11 Å². The normalized spacial score (nSPS) is 12.5. The van der Waals surface area contributed by atoms with Crippen LogP contribution in [0.2, 0.25) is 0 Å².